The summed E-state index contributed by atoms with van der Waals surface area (Å²) in [5, 5.41) is 5.69. The standard InChI is InChI=1S/C20H18ClN3O5S2/c1-2-29-19(26)12-24-16-9-8-14(31(22,27)28)11-17(16)30-20(24)23-18(25)10-7-13-5-3-4-6-15(13)21/h3-11H,2,12H2,1H3,(H2,22,27,28). The quantitative estimate of drug-likeness (QED) is 0.430. The van der Waals surface area contributed by atoms with Gasteiger partial charge >= 0.3 is 5.97 Å². The van der Waals surface area contributed by atoms with Crippen LogP contribution >= 0.6 is 22.9 Å². The van der Waals surface area contributed by atoms with Gasteiger partial charge in [-0.15, -0.1) is 0 Å². The molecule has 3 rings (SSSR count). The Bertz CT molecular complexity index is 1360. The number of benzene rings is 2. The van der Waals surface area contributed by atoms with Gasteiger partial charge in [-0.05, 0) is 42.8 Å². The average Bonchev–Trinajstić information content (AvgIpc) is 3.03. The number of thiazole rings is 1. The number of sulfonamides is 1. The van der Waals surface area contributed by atoms with Crippen molar-refractivity contribution in [2.75, 3.05) is 6.61 Å². The summed E-state index contributed by atoms with van der Waals surface area (Å²) in [6, 6.07) is 11.2. The molecule has 0 aliphatic heterocycles. The van der Waals surface area contributed by atoms with Crippen molar-refractivity contribution in [3.8, 4) is 0 Å². The highest BCUT2D eigenvalue weighted by Gasteiger charge is 2.15. The van der Waals surface area contributed by atoms with E-state index in [9.17, 15) is 18.0 Å². The summed E-state index contributed by atoms with van der Waals surface area (Å²) in [6.07, 6.45) is 2.80. The molecule has 0 aliphatic rings. The van der Waals surface area contributed by atoms with E-state index in [-0.39, 0.29) is 22.8 Å². The number of hydrogen-bond donors (Lipinski definition) is 1. The number of carbonyl (C=O) groups excluding carboxylic acids is 2. The Kier molecular flexibility index (Phi) is 7.06. The van der Waals surface area contributed by atoms with E-state index in [1.165, 1.54) is 34.9 Å². The first-order valence-electron chi connectivity index (χ1n) is 9.02. The smallest absolute Gasteiger partial charge is 0.326 e. The van der Waals surface area contributed by atoms with Gasteiger partial charge in [-0.3, -0.25) is 9.59 Å². The summed E-state index contributed by atoms with van der Waals surface area (Å²) in [5.41, 5.74) is 1.17. The van der Waals surface area contributed by atoms with E-state index in [1.54, 1.807) is 31.2 Å². The first kappa shape index (κ1) is 22.9. The van der Waals surface area contributed by atoms with Gasteiger partial charge in [-0.1, -0.05) is 41.1 Å². The van der Waals surface area contributed by atoms with Crippen LogP contribution in [0.3, 0.4) is 0 Å². The lowest BCUT2D eigenvalue weighted by Crippen LogP contribution is -2.22. The van der Waals surface area contributed by atoms with E-state index in [4.69, 9.17) is 21.5 Å². The molecule has 2 N–H and O–H groups in total. The lowest BCUT2D eigenvalue weighted by Gasteiger charge is -2.05. The number of fused-ring (bicyclic) bond motifs is 1. The highest BCUT2D eigenvalue weighted by atomic mass is 35.5. The Morgan fingerprint density at radius 1 is 1.26 bits per heavy atom. The Labute approximate surface area is 187 Å². The molecule has 0 radical (unpaired) electrons. The van der Waals surface area contributed by atoms with E-state index < -0.39 is 21.9 Å². The van der Waals surface area contributed by atoms with Crippen LogP contribution in [0, 0.1) is 0 Å². The summed E-state index contributed by atoms with van der Waals surface area (Å²) in [5.74, 6) is -1.09. The highest BCUT2D eigenvalue weighted by molar-refractivity contribution is 7.89. The minimum absolute atomic E-state index is 0.0824. The molecule has 1 heterocycles. The number of primary sulfonamides is 1. The van der Waals surface area contributed by atoms with Crippen LogP contribution in [0.25, 0.3) is 16.3 Å². The van der Waals surface area contributed by atoms with E-state index >= 15 is 0 Å². The zero-order chi connectivity index (χ0) is 22.6. The van der Waals surface area contributed by atoms with Crippen molar-refractivity contribution in [3.05, 3.63) is 63.9 Å². The first-order chi connectivity index (χ1) is 14.7. The molecule has 0 bridgehead atoms. The third-order valence-electron chi connectivity index (χ3n) is 4.09. The Morgan fingerprint density at radius 3 is 2.68 bits per heavy atom. The largest absolute Gasteiger partial charge is 0.465 e. The predicted molar refractivity (Wildman–Crippen MR) is 119 cm³/mol. The lowest BCUT2D eigenvalue weighted by molar-refractivity contribution is -0.143. The van der Waals surface area contributed by atoms with Gasteiger partial charge in [0.05, 0.1) is 21.7 Å². The molecule has 0 unspecified atom stereocenters. The van der Waals surface area contributed by atoms with Crippen LogP contribution in [0.1, 0.15) is 12.5 Å². The normalized spacial score (nSPS) is 12.5. The molecule has 1 aromatic heterocycles. The van der Waals surface area contributed by atoms with Crippen molar-refractivity contribution in [1.29, 1.82) is 0 Å². The Hall–Kier alpha value is -2.79. The van der Waals surface area contributed by atoms with Crippen molar-refractivity contribution in [2.45, 2.75) is 18.4 Å². The molecule has 2 aromatic carbocycles. The van der Waals surface area contributed by atoms with Gasteiger partial charge in [-0.2, -0.15) is 4.99 Å². The van der Waals surface area contributed by atoms with Gasteiger partial charge in [0.2, 0.25) is 10.0 Å². The van der Waals surface area contributed by atoms with Gasteiger partial charge in [0.15, 0.2) is 4.80 Å². The maximum atomic E-state index is 12.4. The van der Waals surface area contributed by atoms with E-state index in [1.807, 2.05) is 0 Å². The van der Waals surface area contributed by atoms with Crippen LogP contribution in [0.15, 0.2) is 58.4 Å². The van der Waals surface area contributed by atoms with Crippen molar-refractivity contribution >= 4 is 61.1 Å². The zero-order valence-corrected chi connectivity index (χ0v) is 18.7. The molecule has 0 spiro atoms. The fraction of sp³-hybridized carbons (Fsp3) is 0.150. The Balaban J connectivity index is 2.06. The molecule has 0 saturated carbocycles. The SMILES string of the molecule is CCOC(=O)Cn1c(=NC(=O)C=Cc2ccccc2Cl)sc2cc(S(N)(=O)=O)ccc21. The van der Waals surface area contributed by atoms with Crippen LogP contribution < -0.4 is 9.94 Å². The second kappa shape index (κ2) is 9.56. The number of amides is 1. The van der Waals surface area contributed by atoms with Crippen LogP contribution in [0.5, 0.6) is 0 Å². The number of hydrogen-bond acceptors (Lipinski definition) is 6. The number of rotatable bonds is 6. The monoisotopic (exact) mass is 479 g/mol. The molecule has 162 valence electrons. The minimum Gasteiger partial charge on any atom is -0.465 e. The number of nitrogens with zero attached hydrogens (tertiary/aromatic N) is 2. The molecule has 8 nitrogen and oxygen atoms in total. The first-order valence-corrected chi connectivity index (χ1v) is 11.8. The molecule has 3 aromatic rings. The third-order valence-corrected chi connectivity index (χ3v) is 6.39. The van der Waals surface area contributed by atoms with Gasteiger partial charge < -0.3 is 9.30 Å². The van der Waals surface area contributed by atoms with E-state index in [0.29, 0.717) is 20.8 Å². The summed E-state index contributed by atoms with van der Waals surface area (Å²) in [4.78, 5) is 28.7. The molecule has 0 atom stereocenters. The molecular weight excluding hydrogens is 462 g/mol. The van der Waals surface area contributed by atoms with Crippen molar-refractivity contribution < 1.29 is 22.7 Å². The molecule has 0 saturated heterocycles. The van der Waals surface area contributed by atoms with Crippen molar-refractivity contribution in [2.24, 2.45) is 10.1 Å². The maximum Gasteiger partial charge on any atom is 0.326 e. The van der Waals surface area contributed by atoms with E-state index in [0.717, 1.165) is 11.3 Å². The second-order valence-corrected chi connectivity index (χ2v) is 9.23. The number of ether oxygens (including phenoxy) is 1. The van der Waals surface area contributed by atoms with Crippen LogP contribution in [0.2, 0.25) is 5.02 Å². The van der Waals surface area contributed by atoms with Gasteiger partial charge in [0, 0.05) is 11.1 Å². The van der Waals surface area contributed by atoms with Crippen LogP contribution in [-0.4, -0.2) is 31.5 Å². The number of halogens is 1. The fourth-order valence-corrected chi connectivity index (χ4v) is 4.59. The summed E-state index contributed by atoms with van der Waals surface area (Å²) in [6.45, 7) is 1.69. The van der Waals surface area contributed by atoms with Crippen molar-refractivity contribution in [1.82, 2.24) is 4.57 Å². The summed E-state index contributed by atoms with van der Waals surface area (Å²) >= 11 is 7.13. The van der Waals surface area contributed by atoms with Crippen molar-refractivity contribution in [3.63, 3.8) is 0 Å². The third kappa shape index (κ3) is 5.67. The summed E-state index contributed by atoms with van der Waals surface area (Å²) < 4.78 is 30.3. The Morgan fingerprint density at radius 2 is 2.00 bits per heavy atom. The van der Waals surface area contributed by atoms with Crippen LogP contribution in [-0.2, 0) is 30.9 Å². The average molecular weight is 480 g/mol. The number of carbonyl (C=O) groups is 2. The molecule has 1 amide bonds. The zero-order valence-electron chi connectivity index (χ0n) is 16.3. The number of nitrogens with two attached hydrogens (primary N) is 1. The molecular formula is C20H18ClN3O5S2. The lowest BCUT2D eigenvalue weighted by atomic mass is 10.2. The van der Waals surface area contributed by atoms with E-state index in [2.05, 4.69) is 4.99 Å². The molecule has 0 fully saturated rings. The topological polar surface area (TPSA) is 121 Å². The molecule has 11 heteroatoms. The predicted octanol–water partition coefficient (Wildman–Crippen LogP) is 2.71. The fourth-order valence-electron chi connectivity index (χ4n) is 2.71. The molecule has 31 heavy (non-hydrogen) atoms. The maximum absolute atomic E-state index is 12.4. The second-order valence-electron chi connectivity index (χ2n) is 6.26. The highest BCUT2D eigenvalue weighted by Crippen LogP contribution is 2.21. The van der Waals surface area contributed by atoms with Gasteiger partial charge in [0.1, 0.15) is 6.54 Å². The summed E-state index contributed by atoms with van der Waals surface area (Å²) in [7, 11) is -3.91. The van der Waals surface area contributed by atoms with Crippen LogP contribution in [0.4, 0.5) is 0 Å². The number of esters is 1. The number of aromatic nitrogens is 1. The molecule has 0 aliphatic carbocycles. The minimum atomic E-state index is -3.91. The van der Waals surface area contributed by atoms with Gasteiger partial charge in [0.25, 0.3) is 5.91 Å². The van der Waals surface area contributed by atoms with Gasteiger partial charge in [-0.25, -0.2) is 13.6 Å².